The van der Waals surface area contributed by atoms with Crippen LogP contribution in [-0.4, -0.2) is 39.2 Å². The first-order chi connectivity index (χ1) is 16.2. The van der Waals surface area contributed by atoms with Gasteiger partial charge >= 0.3 is 0 Å². The minimum absolute atomic E-state index is 0.0314. The number of nitrogens with one attached hydrogen (secondary N) is 1. The number of anilines is 2. The fourth-order valence-electron chi connectivity index (χ4n) is 3.53. The number of hydrogen-bond donors (Lipinski definition) is 1. The third kappa shape index (κ3) is 5.27. The van der Waals surface area contributed by atoms with E-state index in [0.717, 1.165) is 10.4 Å². The van der Waals surface area contributed by atoms with Crippen molar-refractivity contribution in [3.63, 3.8) is 0 Å². The molecule has 0 aromatic heterocycles. The molecule has 0 spiro atoms. The van der Waals surface area contributed by atoms with E-state index in [2.05, 4.69) is 5.32 Å². The lowest BCUT2D eigenvalue weighted by molar-refractivity contribution is 0.0991. The smallest absolute Gasteiger partial charge is 0.259 e. The van der Waals surface area contributed by atoms with Crippen LogP contribution in [0.2, 0.25) is 5.02 Å². The fourth-order valence-corrected chi connectivity index (χ4v) is 4.96. The van der Waals surface area contributed by atoms with Gasteiger partial charge < -0.3 is 10.1 Å². The zero-order valence-electron chi connectivity index (χ0n) is 17.8. The summed E-state index contributed by atoms with van der Waals surface area (Å²) in [5.74, 6) is -2.21. The van der Waals surface area contributed by atoms with Crippen LogP contribution < -0.4 is 9.62 Å². The van der Waals surface area contributed by atoms with Gasteiger partial charge in [0.15, 0.2) is 11.7 Å². The van der Waals surface area contributed by atoms with Gasteiger partial charge in [-0.3, -0.25) is 13.9 Å². The van der Waals surface area contributed by atoms with Crippen LogP contribution in [0.15, 0.2) is 66.7 Å². The van der Waals surface area contributed by atoms with Crippen LogP contribution in [-0.2, 0) is 21.2 Å². The molecule has 3 aromatic carbocycles. The molecule has 1 fully saturated rings. The van der Waals surface area contributed by atoms with E-state index in [0.29, 0.717) is 21.8 Å². The maximum Gasteiger partial charge on any atom is 0.259 e. The summed E-state index contributed by atoms with van der Waals surface area (Å²) in [6, 6.07) is 17.0. The largest absolute Gasteiger partial charge is 0.362 e. The molecule has 1 heterocycles. The molecule has 1 aliphatic rings. The fraction of sp³-hybridized carbons (Fsp3) is 0.167. The average molecular weight is 503 g/mol. The number of halogens is 2. The number of hydrogen-bond acceptors (Lipinski definition) is 5. The van der Waals surface area contributed by atoms with Crippen molar-refractivity contribution in [1.29, 1.82) is 0 Å². The first-order valence-electron chi connectivity index (χ1n) is 10.3. The molecule has 0 bridgehead atoms. The van der Waals surface area contributed by atoms with E-state index in [-0.39, 0.29) is 36.6 Å². The normalized spacial score (nSPS) is 15.1. The number of rotatable bonds is 6. The summed E-state index contributed by atoms with van der Waals surface area (Å²) in [6.07, 6.45) is 0.0314. The Kier molecular flexibility index (Phi) is 6.97. The molecule has 0 saturated carbocycles. The van der Waals surface area contributed by atoms with Gasteiger partial charge in [0.05, 0.1) is 24.4 Å². The summed E-state index contributed by atoms with van der Waals surface area (Å²) in [6.45, 7) is 0.247. The number of carbonyl (C=O) groups excluding carboxylic acids is 2. The average Bonchev–Trinajstić information content (AvgIpc) is 2.81. The molecule has 1 aliphatic heterocycles. The predicted molar refractivity (Wildman–Crippen MR) is 127 cm³/mol. The third-order valence-corrected chi connectivity index (χ3v) is 7.14. The molecule has 4 rings (SSSR count). The Morgan fingerprint density at radius 1 is 1.06 bits per heavy atom. The number of Topliss-reactive ketones (excluding diaryl/α,β-unsaturated/α-hetero) is 1. The van der Waals surface area contributed by atoms with Crippen molar-refractivity contribution in [2.75, 3.05) is 28.7 Å². The summed E-state index contributed by atoms with van der Waals surface area (Å²) < 4.78 is 45.0. The molecule has 0 atom stereocenters. The lowest BCUT2D eigenvalue weighted by atomic mass is 10.0. The topological polar surface area (TPSA) is 92.8 Å². The van der Waals surface area contributed by atoms with Crippen molar-refractivity contribution >= 4 is 44.7 Å². The molecular weight excluding hydrogens is 483 g/mol. The van der Waals surface area contributed by atoms with Crippen LogP contribution in [0.25, 0.3) is 0 Å². The first-order valence-corrected chi connectivity index (χ1v) is 12.3. The zero-order chi connectivity index (χ0) is 24.3. The van der Waals surface area contributed by atoms with E-state index in [4.69, 9.17) is 16.3 Å². The van der Waals surface area contributed by atoms with E-state index in [1.807, 2.05) is 6.07 Å². The van der Waals surface area contributed by atoms with Crippen molar-refractivity contribution in [1.82, 2.24) is 0 Å². The van der Waals surface area contributed by atoms with E-state index < -0.39 is 27.7 Å². The molecule has 10 heteroatoms. The van der Waals surface area contributed by atoms with Gasteiger partial charge in [-0.05, 0) is 42.0 Å². The second-order valence-corrected chi connectivity index (χ2v) is 9.85. The quantitative estimate of drug-likeness (QED) is 0.508. The van der Waals surface area contributed by atoms with Gasteiger partial charge in [0.25, 0.3) is 15.9 Å². The third-order valence-electron chi connectivity index (χ3n) is 5.24. The Bertz CT molecular complexity index is 1350. The minimum Gasteiger partial charge on any atom is -0.362 e. The number of carbonyl (C=O) groups is 2. The molecule has 1 saturated heterocycles. The van der Waals surface area contributed by atoms with E-state index in [9.17, 15) is 22.4 Å². The number of benzene rings is 3. The van der Waals surface area contributed by atoms with Gasteiger partial charge in [-0.15, -0.1) is 0 Å². The van der Waals surface area contributed by atoms with Crippen molar-refractivity contribution < 1.29 is 27.1 Å². The van der Waals surface area contributed by atoms with Gasteiger partial charge in [0, 0.05) is 22.7 Å². The monoisotopic (exact) mass is 502 g/mol. The summed E-state index contributed by atoms with van der Waals surface area (Å²) in [5, 5.41) is 2.96. The van der Waals surface area contributed by atoms with Crippen LogP contribution in [0, 0.1) is 5.82 Å². The van der Waals surface area contributed by atoms with Crippen LogP contribution in [0.5, 0.6) is 0 Å². The van der Waals surface area contributed by atoms with Crippen LogP contribution in [0.1, 0.15) is 26.3 Å². The van der Waals surface area contributed by atoms with Crippen molar-refractivity contribution in [2.45, 2.75) is 6.42 Å². The molecule has 3 aromatic rings. The Labute approximate surface area is 201 Å². The molecule has 0 aliphatic carbocycles. The summed E-state index contributed by atoms with van der Waals surface area (Å²) >= 11 is 6.23. The molecule has 176 valence electrons. The van der Waals surface area contributed by atoms with Crippen molar-refractivity contribution in [3.8, 4) is 0 Å². The lowest BCUT2D eigenvalue weighted by Gasteiger charge is -2.28. The van der Waals surface area contributed by atoms with Gasteiger partial charge in [-0.2, -0.15) is 0 Å². The summed E-state index contributed by atoms with van der Waals surface area (Å²) in [4.78, 5) is 25.2. The highest BCUT2D eigenvalue weighted by atomic mass is 35.5. The number of sulfonamides is 1. The molecule has 7 nitrogen and oxygen atoms in total. The second-order valence-electron chi connectivity index (χ2n) is 7.60. The molecular formula is C24H20ClFN2O5S. The minimum atomic E-state index is -3.71. The van der Waals surface area contributed by atoms with Crippen LogP contribution in [0.3, 0.4) is 0 Å². The van der Waals surface area contributed by atoms with Gasteiger partial charge in [-0.25, -0.2) is 12.8 Å². The second kappa shape index (κ2) is 9.92. The number of amides is 1. The standard InChI is InChI=1S/C24H20ClFN2O5S/c25-21-9-6-18(12-17(21)13-23(29)16-4-2-1-3-5-16)27-24(30)20-8-7-19(14-22(20)26)28-10-11-33-15-34(28,31)32/h1-9,12,14H,10-11,13,15H2,(H,27,30). The Morgan fingerprint density at radius 3 is 2.53 bits per heavy atom. The summed E-state index contributed by atoms with van der Waals surface area (Å²) in [7, 11) is -3.71. The maximum atomic E-state index is 14.7. The molecule has 0 unspecified atom stereocenters. The van der Waals surface area contributed by atoms with Crippen molar-refractivity contribution in [3.05, 3.63) is 94.3 Å². The van der Waals surface area contributed by atoms with Crippen LogP contribution in [0.4, 0.5) is 15.8 Å². The van der Waals surface area contributed by atoms with Crippen LogP contribution >= 0.6 is 11.6 Å². The van der Waals surface area contributed by atoms with Gasteiger partial charge in [0.1, 0.15) is 5.82 Å². The van der Waals surface area contributed by atoms with E-state index in [1.165, 1.54) is 12.1 Å². The highest BCUT2D eigenvalue weighted by Gasteiger charge is 2.27. The molecule has 1 amide bonds. The van der Waals surface area contributed by atoms with E-state index >= 15 is 0 Å². The lowest BCUT2D eigenvalue weighted by Crippen LogP contribution is -2.41. The predicted octanol–water partition coefficient (Wildman–Crippen LogP) is 4.28. The Hall–Kier alpha value is -3.27. The molecule has 1 N–H and O–H groups in total. The van der Waals surface area contributed by atoms with Gasteiger partial charge in [0.2, 0.25) is 0 Å². The highest BCUT2D eigenvalue weighted by molar-refractivity contribution is 7.92. The Morgan fingerprint density at radius 2 is 1.82 bits per heavy atom. The Balaban J connectivity index is 1.50. The zero-order valence-corrected chi connectivity index (χ0v) is 19.4. The first kappa shape index (κ1) is 23.9. The van der Waals surface area contributed by atoms with Gasteiger partial charge in [-0.1, -0.05) is 41.9 Å². The van der Waals surface area contributed by atoms with E-state index in [1.54, 1.807) is 42.5 Å². The number of ether oxygens (including phenoxy) is 1. The number of ketones is 1. The SMILES string of the molecule is O=C(Cc1cc(NC(=O)c2ccc(N3CCOCS3(=O)=O)cc2F)ccc1Cl)c1ccccc1. The summed E-state index contributed by atoms with van der Waals surface area (Å²) in [5.41, 5.74) is 1.25. The molecule has 0 radical (unpaired) electrons. The maximum absolute atomic E-state index is 14.7. The number of nitrogens with zero attached hydrogens (tertiary/aromatic N) is 1. The molecule has 34 heavy (non-hydrogen) atoms. The van der Waals surface area contributed by atoms with Crippen molar-refractivity contribution in [2.24, 2.45) is 0 Å². The highest BCUT2D eigenvalue weighted by Crippen LogP contribution is 2.26.